The molecule has 3 aromatic rings. The second-order valence-electron chi connectivity index (χ2n) is 7.85. The predicted molar refractivity (Wildman–Crippen MR) is 128 cm³/mol. The van der Waals surface area contributed by atoms with Gasteiger partial charge in [-0.1, -0.05) is 18.2 Å². The van der Waals surface area contributed by atoms with Gasteiger partial charge in [0.05, 0.1) is 0 Å². The van der Waals surface area contributed by atoms with Gasteiger partial charge >= 0.3 is 0 Å². The molecule has 2 amide bonds. The second-order valence-corrected chi connectivity index (χ2v) is 7.85. The zero-order valence-electron chi connectivity index (χ0n) is 18.9. The highest BCUT2D eigenvalue weighted by molar-refractivity contribution is 5.93. The molecule has 0 fully saturated rings. The van der Waals surface area contributed by atoms with Gasteiger partial charge in [-0.2, -0.15) is 5.26 Å². The first-order valence-electron chi connectivity index (χ1n) is 10.6. The van der Waals surface area contributed by atoms with Crippen LogP contribution in [0.15, 0.2) is 54.6 Å². The van der Waals surface area contributed by atoms with Gasteiger partial charge < -0.3 is 16.0 Å². The van der Waals surface area contributed by atoms with Gasteiger partial charge in [0.2, 0.25) is 11.8 Å². The number of carbonyl (C=O) groups excluding carboxylic acids is 2. The number of nitrogens with two attached hydrogens (primary N) is 1. The van der Waals surface area contributed by atoms with Crippen molar-refractivity contribution in [2.24, 2.45) is 0 Å². The number of nitrogens with zero attached hydrogens (tertiary/aromatic N) is 2. The Bertz CT molecular complexity index is 1260. The van der Waals surface area contributed by atoms with Gasteiger partial charge in [-0.05, 0) is 65.9 Å². The van der Waals surface area contributed by atoms with Crippen molar-refractivity contribution in [2.75, 3.05) is 22.5 Å². The van der Waals surface area contributed by atoms with E-state index in [-0.39, 0.29) is 17.5 Å². The maximum atomic E-state index is 12.6. The molecule has 174 valence electrons. The van der Waals surface area contributed by atoms with Gasteiger partial charge in [0.1, 0.15) is 23.3 Å². The average molecular weight is 463 g/mol. The number of hydrogen-bond donors (Lipinski definition) is 2. The van der Waals surface area contributed by atoms with Crippen LogP contribution in [0.25, 0.3) is 11.1 Å². The number of amides is 2. The number of halogens is 2. The Morgan fingerprint density at radius 1 is 1.03 bits per heavy atom. The summed E-state index contributed by atoms with van der Waals surface area (Å²) in [5.41, 5.74) is 9.63. The molecule has 0 aliphatic carbocycles. The van der Waals surface area contributed by atoms with Crippen molar-refractivity contribution in [2.45, 2.75) is 26.7 Å². The molecule has 6 nitrogen and oxygen atoms in total. The van der Waals surface area contributed by atoms with Crippen LogP contribution < -0.4 is 16.0 Å². The molecule has 0 bridgehead atoms. The van der Waals surface area contributed by atoms with E-state index in [0.29, 0.717) is 0 Å². The highest BCUT2D eigenvalue weighted by atomic mass is 19.1. The molecular weight excluding hydrogens is 438 g/mol. The zero-order chi connectivity index (χ0) is 24.8. The van der Waals surface area contributed by atoms with Crippen LogP contribution in [-0.4, -0.2) is 18.4 Å². The number of fused-ring (bicyclic) bond motifs is 1. The van der Waals surface area contributed by atoms with E-state index in [0.717, 1.165) is 54.0 Å². The Morgan fingerprint density at radius 2 is 1.71 bits per heavy atom. The minimum Gasteiger partial charge on any atom is -0.399 e. The van der Waals surface area contributed by atoms with Crippen LogP contribution >= 0.6 is 0 Å². The van der Waals surface area contributed by atoms with Crippen molar-refractivity contribution < 1.29 is 18.4 Å². The van der Waals surface area contributed by atoms with Crippen molar-refractivity contribution in [1.82, 2.24) is 0 Å². The lowest BCUT2D eigenvalue weighted by Gasteiger charge is -2.29. The van der Waals surface area contributed by atoms with Gasteiger partial charge in [0, 0.05) is 37.5 Å². The third kappa shape index (κ3) is 5.75. The molecule has 0 saturated carbocycles. The summed E-state index contributed by atoms with van der Waals surface area (Å²) in [5.74, 6) is -1.84. The number of carbonyl (C=O) groups is 2. The number of rotatable bonds is 2. The molecule has 0 radical (unpaired) electrons. The fourth-order valence-electron chi connectivity index (χ4n) is 3.78. The Kier molecular flexibility index (Phi) is 7.59. The Balaban J connectivity index is 0.000000248. The Labute approximate surface area is 196 Å². The Hall–Kier alpha value is -4.25. The second kappa shape index (κ2) is 10.6. The third-order valence-electron chi connectivity index (χ3n) is 5.27. The average Bonchev–Trinajstić information content (AvgIpc) is 2.78. The van der Waals surface area contributed by atoms with Gasteiger partial charge in [-0.3, -0.25) is 9.59 Å². The van der Waals surface area contributed by atoms with Crippen LogP contribution in [0.1, 0.15) is 31.4 Å². The number of nitriles is 1. The normalized spacial score (nSPS) is 12.0. The molecule has 0 unspecified atom stereocenters. The summed E-state index contributed by atoms with van der Waals surface area (Å²) in [6.07, 6.45) is 1.97. The summed E-state index contributed by atoms with van der Waals surface area (Å²) in [4.78, 5) is 24.8. The Morgan fingerprint density at radius 3 is 2.32 bits per heavy atom. The molecule has 0 atom stereocenters. The number of anilines is 3. The molecule has 1 aliphatic rings. The van der Waals surface area contributed by atoms with E-state index in [4.69, 9.17) is 11.0 Å². The van der Waals surface area contributed by atoms with E-state index in [9.17, 15) is 18.4 Å². The molecule has 34 heavy (non-hydrogen) atoms. The maximum absolute atomic E-state index is 12.6. The number of nitrogen functional groups attached to an aromatic ring is 1. The smallest absolute Gasteiger partial charge is 0.223 e. The van der Waals surface area contributed by atoms with E-state index < -0.39 is 17.2 Å². The first-order chi connectivity index (χ1) is 16.2. The lowest BCUT2D eigenvalue weighted by Crippen LogP contribution is -2.33. The lowest BCUT2D eigenvalue weighted by molar-refractivity contribution is -0.116. The van der Waals surface area contributed by atoms with E-state index in [1.54, 1.807) is 6.92 Å². The van der Waals surface area contributed by atoms with Gasteiger partial charge in [-0.25, -0.2) is 8.78 Å². The van der Waals surface area contributed by atoms with Crippen LogP contribution in [0.2, 0.25) is 0 Å². The SMILES string of the molecule is CC(=O)Nc1cccc(-c2ccc3c(c2)CCCN3C(C)=O)c1.N#Cc1c(F)cc(N)cc1F. The van der Waals surface area contributed by atoms with Crippen LogP contribution in [0, 0.1) is 23.0 Å². The summed E-state index contributed by atoms with van der Waals surface area (Å²) in [7, 11) is 0. The molecule has 1 aliphatic heterocycles. The first-order valence-corrected chi connectivity index (χ1v) is 10.6. The van der Waals surface area contributed by atoms with Gasteiger partial charge in [-0.15, -0.1) is 0 Å². The summed E-state index contributed by atoms with van der Waals surface area (Å²) >= 11 is 0. The standard InChI is InChI=1S/C19H20N2O2.C7H4F2N2/c1-13(22)20-18-7-3-5-15(12-18)16-8-9-19-17(11-16)6-4-10-21(19)14(2)23;8-6-1-4(11)2-7(9)5(6)3-10/h3,5,7-9,11-12H,4,6,10H2,1-2H3,(H,20,22);1-2H,11H2. The van der Waals surface area contributed by atoms with Crippen LogP contribution in [0.4, 0.5) is 25.8 Å². The minimum atomic E-state index is -0.926. The molecule has 1 heterocycles. The molecule has 0 aromatic heterocycles. The van der Waals surface area contributed by atoms with Crippen LogP contribution in [0.5, 0.6) is 0 Å². The van der Waals surface area contributed by atoms with Crippen molar-refractivity contribution in [3.8, 4) is 17.2 Å². The highest BCUT2D eigenvalue weighted by Crippen LogP contribution is 2.32. The van der Waals surface area contributed by atoms with Crippen molar-refractivity contribution in [3.63, 3.8) is 0 Å². The summed E-state index contributed by atoms with van der Waals surface area (Å²) in [6, 6.07) is 17.2. The van der Waals surface area contributed by atoms with Crippen LogP contribution in [-0.2, 0) is 16.0 Å². The zero-order valence-corrected chi connectivity index (χ0v) is 18.9. The lowest BCUT2D eigenvalue weighted by atomic mass is 9.96. The molecular formula is C26H24F2N4O2. The van der Waals surface area contributed by atoms with Crippen molar-refractivity contribution in [1.29, 1.82) is 5.26 Å². The van der Waals surface area contributed by atoms with Crippen molar-refractivity contribution >= 4 is 28.9 Å². The quantitative estimate of drug-likeness (QED) is 0.522. The molecule has 3 aromatic carbocycles. The van der Waals surface area contributed by atoms with E-state index in [2.05, 4.69) is 11.4 Å². The first kappa shape index (κ1) is 24.4. The third-order valence-corrected chi connectivity index (χ3v) is 5.27. The fraction of sp³-hybridized carbons (Fsp3) is 0.192. The van der Waals surface area contributed by atoms with Crippen molar-refractivity contribution in [3.05, 3.63) is 77.4 Å². The van der Waals surface area contributed by atoms with Gasteiger partial charge in [0.25, 0.3) is 0 Å². The number of nitrogens with one attached hydrogen (secondary N) is 1. The molecule has 0 saturated heterocycles. The predicted octanol–water partition coefficient (Wildman–Crippen LogP) is 5.03. The summed E-state index contributed by atoms with van der Waals surface area (Å²) in [6.45, 7) is 3.90. The molecule has 3 N–H and O–H groups in total. The number of hydrogen-bond acceptors (Lipinski definition) is 4. The van der Waals surface area contributed by atoms with Gasteiger partial charge in [0.15, 0.2) is 0 Å². The number of benzene rings is 3. The summed E-state index contributed by atoms with van der Waals surface area (Å²) < 4.78 is 25.1. The van der Waals surface area contributed by atoms with E-state index >= 15 is 0 Å². The highest BCUT2D eigenvalue weighted by Gasteiger charge is 2.20. The molecule has 0 spiro atoms. The van der Waals surface area contributed by atoms with E-state index in [1.807, 2.05) is 41.3 Å². The summed E-state index contributed by atoms with van der Waals surface area (Å²) in [5, 5.41) is 11.0. The largest absolute Gasteiger partial charge is 0.399 e. The molecule has 4 rings (SSSR count). The number of aryl methyl sites for hydroxylation is 1. The minimum absolute atomic E-state index is 0.0287. The fourth-order valence-corrected chi connectivity index (χ4v) is 3.78. The monoisotopic (exact) mass is 462 g/mol. The molecule has 8 heteroatoms. The van der Waals surface area contributed by atoms with Crippen LogP contribution in [0.3, 0.4) is 0 Å². The topological polar surface area (TPSA) is 99.2 Å². The van der Waals surface area contributed by atoms with E-state index in [1.165, 1.54) is 18.6 Å². The maximum Gasteiger partial charge on any atom is 0.223 e.